The average Bonchev–Trinajstić information content (AvgIpc) is 2.47. The summed E-state index contributed by atoms with van der Waals surface area (Å²) in [7, 11) is -2.22. The molecule has 0 fully saturated rings. The Morgan fingerprint density at radius 1 is 1.05 bits per heavy atom. The molecular formula is C16H16O4S. The number of ketones is 1. The number of methoxy groups -OCH3 is 1. The maximum atomic E-state index is 12.4. The van der Waals surface area contributed by atoms with Crippen LogP contribution in [0, 0.1) is 6.92 Å². The molecule has 0 bridgehead atoms. The minimum Gasteiger partial charge on any atom is -0.496 e. The van der Waals surface area contributed by atoms with E-state index in [2.05, 4.69) is 0 Å². The molecule has 0 aliphatic heterocycles. The van der Waals surface area contributed by atoms with Gasteiger partial charge in [0.15, 0.2) is 15.6 Å². The highest BCUT2D eigenvalue weighted by atomic mass is 32.2. The molecule has 21 heavy (non-hydrogen) atoms. The Balaban J connectivity index is 2.33. The van der Waals surface area contributed by atoms with Crippen LogP contribution in [-0.4, -0.2) is 27.1 Å². The first-order valence-corrected chi connectivity index (χ1v) is 8.05. The molecule has 4 nitrogen and oxygen atoms in total. The fourth-order valence-electron chi connectivity index (χ4n) is 2.11. The van der Waals surface area contributed by atoms with Gasteiger partial charge < -0.3 is 4.74 Å². The van der Waals surface area contributed by atoms with Crippen molar-refractivity contribution >= 4 is 15.6 Å². The van der Waals surface area contributed by atoms with Crippen molar-refractivity contribution in [1.82, 2.24) is 0 Å². The topological polar surface area (TPSA) is 60.4 Å². The van der Waals surface area contributed by atoms with Crippen LogP contribution < -0.4 is 4.74 Å². The van der Waals surface area contributed by atoms with Crippen LogP contribution >= 0.6 is 0 Å². The van der Waals surface area contributed by atoms with Crippen LogP contribution in [0.3, 0.4) is 0 Å². The van der Waals surface area contributed by atoms with Crippen LogP contribution in [0.4, 0.5) is 0 Å². The van der Waals surface area contributed by atoms with Crippen molar-refractivity contribution in [2.45, 2.75) is 11.8 Å². The Labute approximate surface area is 124 Å². The number of carbonyl (C=O) groups excluding carboxylic acids is 1. The Bertz CT molecular complexity index is 763. The maximum Gasteiger partial charge on any atom is 0.186 e. The van der Waals surface area contributed by atoms with Gasteiger partial charge in [0.2, 0.25) is 0 Å². The molecule has 0 N–H and O–H groups in total. The summed E-state index contributed by atoms with van der Waals surface area (Å²) in [6.07, 6.45) is 0. The monoisotopic (exact) mass is 304 g/mol. The molecule has 0 spiro atoms. The fraction of sp³-hybridized carbons (Fsp3) is 0.188. The van der Waals surface area contributed by atoms with Crippen LogP contribution in [0.15, 0.2) is 53.4 Å². The van der Waals surface area contributed by atoms with E-state index >= 15 is 0 Å². The molecule has 0 unspecified atom stereocenters. The lowest BCUT2D eigenvalue weighted by Gasteiger charge is -2.09. The largest absolute Gasteiger partial charge is 0.496 e. The van der Waals surface area contributed by atoms with E-state index in [1.807, 2.05) is 0 Å². The van der Waals surface area contributed by atoms with E-state index in [0.717, 1.165) is 0 Å². The highest BCUT2D eigenvalue weighted by Gasteiger charge is 2.23. The fourth-order valence-corrected chi connectivity index (χ4v) is 3.61. The van der Waals surface area contributed by atoms with Gasteiger partial charge in [-0.15, -0.1) is 0 Å². The van der Waals surface area contributed by atoms with Gasteiger partial charge in [0, 0.05) is 0 Å². The number of ether oxygens (including phenoxy) is 1. The van der Waals surface area contributed by atoms with E-state index in [0.29, 0.717) is 11.3 Å². The predicted octanol–water partition coefficient (Wildman–Crippen LogP) is 2.66. The van der Waals surface area contributed by atoms with E-state index in [9.17, 15) is 13.2 Å². The third-order valence-corrected chi connectivity index (χ3v) is 4.93. The summed E-state index contributed by atoms with van der Waals surface area (Å²) >= 11 is 0. The van der Waals surface area contributed by atoms with Gasteiger partial charge in [-0.1, -0.05) is 30.3 Å². The molecule has 0 aliphatic rings. The number of aryl methyl sites for hydroxylation is 1. The maximum absolute atomic E-state index is 12.4. The number of hydrogen-bond donors (Lipinski definition) is 0. The number of rotatable bonds is 5. The highest BCUT2D eigenvalue weighted by Crippen LogP contribution is 2.21. The standard InChI is InChI=1S/C16H16O4S/c1-12-7-3-6-10-16(12)21(18,19)11-14(17)13-8-4-5-9-15(13)20-2/h3-10H,11H2,1-2H3. The molecule has 5 heteroatoms. The molecule has 2 aromatic rings. The number of Topliss-reactive ketones (excluding diaryl/α,β-unsaturated/α-hetero) is 1. The molecule has 2 aromatic carbocycles. The van der Waals surface area contributed by atoms with Crippen molar-refractivity contribution in [3.05, 3.63) is 59.7 Å². The Hall–Kier alpha value is -2.14. The van der Waals surface area contributed by atoms with Gasteiger partial charge >= 0.3 is 0 Å². The zero-order valence-electron chi connectivity index (χ0n) is 11.9. The van der Waals surface area contributed by atoms with E-state index in [1.54, 1.807) is 49.4 Å². The van der Waals surface area contributed by atoms with Gasteiger partial charge in [0.05, 0.1) is 17.6 Å². The quantitative estimate of drug-likeness (QED) is 0.797. The summed E-state index contributed by atoms with van der Waals surface area (Å²) in [5, 5.41) is 0. The third kappa shape index (κ3) is 3.31. The van der Waals surface area contributed by atoms with Crippen molar-refractivity contribution < 1.29 is 17.9 Å². The summed E-state index contributed by atoms with van der Waals surface area (Å²) in [5.41, 5.74) is 0.905. The van der Waals surface area contributed by atoms with Crippen molar-refractivity contribution in [3.63, 3.8) is 0 Å². The zero-order chi connectivity index (χ0) is 15.5. The van der Waals surface area contributed by atoms with Crippen LogP contribution in [0.25, 0.3) is 0 Å². The van der Waals surface area contributed by atoms with E-state index < -0.39 is 21.4 Å². The number of benzene rings is 2. The van der Waals surface area contributed by atoms with E-state index in [1.165, 1.54) is 13.2 Å². The third-order valence-electron chi connectivity index (χ3n) is 3.16. The minimum absolute atomic E-state index is 0.188. The second-order valence-electron chi connectivity index (χ2n) is 4.65. The van der Waals surface area contributed by atoms with Gasteiger partial charge in [0.1, 0.15) is 11.5 Å². The molecule has 0 aliphatic carbocycles. The lowest BCUT2D eigenvalue weighted by Crippen LogP contribution is -2.17. The van der Waals surface area contributed by atoms with Gasteiger partial charge in [0.25, 0.3) is 0 Å². The number of hydrogen-bond acceptors (Lipinski definition) is 4. The lowest BCUT2D eigenvalue weighted by molar-refractivity contribution is 0.101. The molecule has 0 aromatic heterocycles. The minimum atomic E-state index is -3.67. The van der Waals surface area contributed by atoms with Crippen molar-refractivity contribution in [2.24, 2.45) is 0 Å². The number of para-hydroxylation sites is 1. The summed E-state index contributed by atoms with van der Waals surface area (Å²) in [6, 6.07) is 13.2. The highest BCUT2D eigenvalue weighted by molar-refractivity contribution is 7.92. The first-order chi connectivity index (χ1) is 9.95. The molecule has 0 radical (unpaired) electrons. The Morgan fingerprint density at radius 2 is 1.67 bits per heavy atom. The van der Waals surface area contributed by atoms with Gasteiger partial charge in [-0.25, -0.2) is 8.42 Å². The number of carbonyl (C=O) groups is 1. The lowest BCUT2D eigenvalue weighted by atomic mass is 10.1. The molecule has 110 valence electrons. The van der Waals surface area contributed by atoms with E-state index in [4.69, 9.17) is 4.74 Å². The van der Waals surface area contributed by atoms with Crippen LogP contribution in [0.1, 0.15) is 15.9 Å². The second-order valence-corrected chi connectivity index (χ2v) is 6.61. The average molecular weight is 304 g/mol. The van der Waals surface area contributed by atoms with Crippen molar-refractivity contribution in [3.8, 4) is 5.75 Å². The normalized spacial score (nSPS) is 11.1. The number of sulfone groups is 1. The summed E-state index contributed by atoms with van der Waals surface area (Å²) in [5.74, 6) is -0.670. The van der Waals surface area contributed by atoms with Gasteiger partial charge in [-0.3, -0.25) is 4.79 Å². The molecule has 0 heterocycles. The molecule has 2 rings (SSSR count). The van der Waals surface area contributed by atoms with Crippen molar-refractivity contribution in [2.75, 3.05) is 12.9 Å². The molecule has 0 saturated heterocycles. The molecular weight excluding hydrogens is 288 g/mol. The summed E-state index contributed by atoms with van der Waals surface area (Å²) in [4.78, 5) is 12.5. The predicted molar refractivity (Wildman–Crippen MR) is 80.6 cm³/mol. The van der Waals surface area contributed by atoms with Crippen LogP contribution in [0.2, 0.25) is 0 Å². The van der Waals surface area contributed by atoms with E-state index in [-0.39, 0.29) is 10.5 Å². The van der Waals surface area contributed by atoms with Crippen LogP contribution in [-0.2, 0) is 9.84 Å². The van der Waals surface area contributed by atoms with Gasteiger partial charge in [-0.05, 0) is 30.7 Å². The molecule has 0 atom stereocenters. The van der Waals surface area contributed by atoms with Crippen molar-refractivity contribution in [1.29, 1.82) is 0 Å². The summed E-state index contributed by atoms with van der Waals surface area (Å²) < 4.78 is 29.8. The van der Waals surface area contributed by atoms with Crippen LogP contribution in [0.5, 0.6) is 5.75 Å². The Morgan fingerprint density at radius 3 is 2.33 bits per heavy atom. The Kier molecular flexibility index (Phi) is 4.43. The smallest absolute Gasteiger partial charge is 0.186 e. The molecule has 0 amide bonds. The molecule has 0 saturated carbocycles. The SMILES string of the molecule is COc1ccccc1C(=O)CS(=O)(=O)c1ccccc1C. The second kappa shape index (κ2) is 6.10. The van der Waals surface area contributed by atoms with Gasteiger partial charge in [-0.2, -0.15) is 0 Å². The first kappa shape index (κ1) is 15.3. The first-order valence-electron chi connectivity index (χ1n) is 6.40. The summed E-state index contributed by atoms with van der Waals surface area (Å²) in [6.45, 7) is 1.71. The zero-order valence-corrected chi connectivity index (χ0v) is 12.7.